The summed E-state index contributed by atoms with van der Waals surface area (Å²) in [6, 6.07) is 9.71. The fourth-order valence-electron chi connectivity index (χ4n) is 2.39. The Morgan fingerprint density at radius 1 is 1.19 bits per heavy atom. The molecule has 0 fully saturated rings. The molecule has 0 bridgehead atoms. The van der Waals surface area contributed by atoms with Crippen molar-refractivity contribution in [2.45, 2.75) is 44.9 Å². The van der Waals surface area contributed by atoms with E-state index in [1.807, 2.05) is 0 Å². The Hall–Kier alpha value is -0.860. The van der Waals surface area contributed by atoms with Crippen LogP contribution in [0.4, 0.5) is 0 Å². The summed E-state index contributed by atoms with van der Waals surface area (Å²) in [5.41, 5.74) is 2.99. The van der Waals surface area contributed by atoms with E-state index in [1.54, 1.807) is 7.11 Å². The van der Waals surface area contributed by atoms with Crippen molar-refractivity contribution in [2.24, 2.45) is 0 Å². The van der Waals surface area contributed by atoms with Gasteiger partial charge in [-0.1, -0.05) is 24.3 Å². The van der Waals surface area contributed by atoms with E-state index in [0.29, 0.717) is 12.1 Å². The topological polar surface area (TPSA) is 21.3 Å². The number of rotatable bonds is 4. The van der Waals surface area contributed by atoms with Gasteiger partial charge >= 0.3 is 0 Å². The lowest BCUT2D eigenvalue weighted by Crippen LogP contribution is -2.43. The van der Waals surface area contributed by atoms with Crippen molar-refractivity contribution in [1.29, 1.82) is 0 Å². The minimum absolute atomic E-state index is 0.267. The average molecular weight is 219 g/mol. The molecular weight excluding hydrogens is 198 g/mol. The van der Waals surface area contributed by atoms with Crippen LogP contribution in [0, 0.1) is 0 Å². The van der Waals surface area contributed by atoms with Gasteiger partial charge in [0.25, 0.3) is 0 Å². The lowest BCUT2D eigenvalue weighted by atomic mass is 10.1. The lowest BCUT2D eigenvalue weighted by molar-refractivity contribution is 0.0848. The van der Waals surface area contributed by atoms with Gasteiger partial charge in [-0.15, -0.1) is 0 Å². The summed E-state index contributed by atoms with van der Waals surface area (Å²) in [7, 11) is 1.77. The second-order valence-corrected chi connectivity index (χ2v) is 4.77. The maximum atomic E-state index is 5.34. The molecule has 1 aromatic rings. The molecule has 0 radical (unpaired) electrons. The first-order valence-electron chi connectivity index (χ1n) is 6.06. The summed E-state index contributed by atoms with van der Waals surface area (Å²) in [6.45, 7) is 4.30. The van der Waals surface area contributed by atoms with Gasteiger partial charge in [0, 0.05) is 19.2 Å². The number of methoxy groups -OCH3 is 1. The maximum Gasteiger partial charge on any atom is 0.0693 e. The molecule has 2 atom stereocenters. The number of benzene rings is 1. The first-order chi connectivity index (χ1) is 7.70. The number of nitrogens with one attached hydrogen (secondary N) is 1. The van der Waals surface area contributed by atoms with Crippen LogP contribution in [0.15, 0.2) is 24.3 Å². The van der Waals surface area contributed by atoms with E-state index in [9.17, 15) is 0 Å². The van der Waals surface area contributed by atoms with E-state index >= 15 is 0 Å². The molecule has 0 aliphatic heterocycles. The smallest absolute Gasteiger partial charge is 0.0693 e. The van der Waals surface area contributed by atoms with Gasteiger partial charge in [0.2, 0.25) is 0 Å². The van der Waals surface area contributed by atoms with Crippen LogP contribution in [0.1, 0.15) is 25.0 Å². The van der Waals surface area contributed by atoms with Gasteiger partial charge in [-0.2, -0.15) is 0 Å². The highest BCUT2D eigenvalue weighted by Gasteiger charge is 2.23. The number of hydrogen-bond acceptors (Lipinski definition) is 2. The normalized spacial score (nSPS) is 19.4. The van der Waals surface area contributed by atoms with Crippen molar-refractivity contribution in [3.05, 3.63) is 35.4 Å². The molecule has 2 rings (SSSR count). The second kappa shape index (κ2) is 4.98. The van der Waals surface area contributed by atoms with Gasteiger partial charge < -0.3 is 10.1 Å². The molecule has 88 valence electrons. The highest BCUT2D eigenvalue weighted by Crippen LogP contribution is 2.22. The summed E-state index contributed by atoms with van der Waals surface area (Å²) >= 11 is 0. The summed E-state index contributed by atoms with van der Waals surface area (Å²) in [5.74, 6) is 0. The molecule has 2 heteroatoms. The standard InChI is InChI=1S/C14H21NO/c1-10(11(2)16-3)15-14-8-12-6-4-5-7-13(12)9-14/h4-7,10-11,14-15H,8-9H2,1-3H3. The predicted octanol–water partition coefficient (Wildman–Crippen LogP) is 2.17. The molecule has 2 nitrogen and oxygen atoms in total. The molecule has 1 aromatic carbocycles. The van der Waals surface area contributed by atoms with Crippen LogP contribution in [0.5, 0.6) is 0 Å². The van der Waals surface area contributed by atoms with Crippen LogP contribution < -0.4 is 5.32 Å². The maximum absolute atomic E-state index is 5.34. The SMILES string of the molecule is COC(C)C(C)NC1Cc2ccccc2C1. The molecule has 0 heterocycles. The average Bonchev–Trinajstić information content (AvgIpc) is 2.69. The van der Waals surface area contributed by atoms with E-state index < -0.39 is 0 Å². The minimum atomic E-state index is 0.267. The van der Waals surface area contributed by atoms with Gasteiger partial charge in [-0.05, 0) is 37.8 Å². The van der Waals surface area contributed by atoms with Crippen molar-refractivity contribution in [3.8, 4) is 0 Å². The number of hydrogen-bond donors (Lipinski definition) is 1. The van der Waals surface area contributed by atoms with Gasteiger partial charge in [0.15, 0.2) is 0 Å². The Bertz CT molecular complexity index is 325. The fourth-order valence-corrected chi connectivity index (χ4v) is 2.39. The molecule has 2 unspecified atom stereocenters. The Balaban J connectivity index is 1.92. The molecule has 1 N–H and O–H groups in total. The van der Waals surface area contributed by atoms with E-state index in [0.717, 1.165) is 12.8 Å². The van der Waals surface area contributed by atoms with Crippen molar-refractivity contribution in [2.75, 3.05) is 7.11 Å². The second-order valence-electron chi connectivity index (χ2n) is 4.77. The quantitative estimate of drug-likeness (QED) is 0.838. The van der Waals surface area contributed by atoms with E-state index in [-0.39, 0.29) is 6.10 Å². The monoisotopic (exact) mass is 219 g/mol. The molecule has 0 saturated heterocycles. The zero-order valence-electron chi connectivity index (χ0n) is 10.4. The van der Waals surface area contributed by atoms with E-state index in [2.05, 4.69) is 43.4 Å². The minimum Gasteiger partial charge on any atom is -0.380 e. The van der Waals surface area contributed by atoms with Crippen LogP contribution in [0.25, 0.3) is 0 Å². The zero-order valence-corrected chi connectivity index (χ0v) is 10.4. The summed E-state index contributed by atoms with van der Waals surface area (Å²) in [6.07, 6.45) is 2.57. The van der Waals surface area contributed by atoms with Gasteiger partial charge in [-0.3, -0.25) is 0 Å². The summed E-state index contributed by atoms with van der Waals surface area (Å²) < 4.78 is 5.34. The Morgan fingerprint density at radius 2 is 1.75 bits per heavy atom. The molecule has 1 aliphatic carbocycles. The van der Waals surface area contributed by atoms with Gasteiger partial charge in [0.1, 0.15) is 0 Å². The third-order valence-corrected chi connectivity index (χ3v) is 3.63. The van der Waals surface area contributed by atoms with Crippen molar-refractivity contribution < 1.29 is 4.74 Å². The molecule has 0 aromatic heterocycles. The molecular formula is C14H21NO. The summed E-state index contributed by atoms with van der Waals surface area (Å²) in [5, 5.41) is 3.65. The van der Waals surface area contributed by atoms with Crippen LogP contribution >= 0.6 is 0 Å². The van der Waals surface area contributed by atoms with E-state index in [4.69, 9.17) is 4.74 Å². The predicted molar refractivity (Wildman–Crippen MR) is 66.7 cm³/mol. The number of ether oxygens (including phenoxy) is 1. The first kappa shape index (κ1) is 11.6. The fraction of sp³-hybridized carbons (Fsp3) is 0.571. The highest BCUT2D eigenvalue weighted by atomic mass is 16.5. The molecule has 0 spiro atoms. The third-order valence-electron chi connectivity index (χ3n) is 3.63. The van der Waals surface area contributed by atoms with E-state index in [1.165, 1.54) is 11.1 Å². The van der Waals surface area contributed by atoms with Crippen molar-refractivity contribution in [1.82, 2.24) is 5.32 Å². The van der Waals surface area contributed by atoms with Crippen LogP contribution in [0.2, 0.25) is 0 Å². The Morgan fingerprint density at radius 3 is 2.25 bits per heavy atom. The van der Waals surface area contributed by atoms with Crippen LogP contribution in [-0.4, -0.2) is 25.3 Å². The largest absolute Gasteiger partial charge is 0.380 e. The Labute approximate surface area is 98.0 Å². The lowest BCUT2D eigenvalue weighted by Gasteiger charge is -2.23. The van der Waals surface area contributed by atoms with Gasteiger partial charge in [-0.25, -0.2) is 0 Å². The molecule has 0 saturated carbocycles. The molecule has 1 aliphatic rings. The zero-order chi connectivity index (χ0) is 11.5. The first-order valence-corrected chi connectivity index (χ1v) is 6.06. The van der Waals surface area contributed by atoms with Crippen LogP contribution in [-0.2, 0) is 17.6 Å². The number of fused-ring (bicyclic) bond motifs is 1. The van der Waals surface area contributed by atoms with Crippen molar-refractivity contribution in [3.63, 3.8) is 0 Å². The Kier molecular flexibility index (Phi) is 3.62. The van der Waals surface area contributed by atoms with Gasteiger partial charge in [0.05, 0.1) is 6.10 Å². The summed E-state index contributed by atoms with van der Waals surface area (Å²) in [4.78, 5) is 0. The highest BCUT2D eigenvalue weighted by molar-refractivity contribution is 5.33. The molecule has 0 amide bonds. The van der Waals surface area contributed by atoms with Crippen molar-refractivity contribution >= 4 is 0 Å². The molecule has 16 heavy (non-hydrogen) atoms. The third kappa shape index (κ3) is 2.45. The van der Waals surface area contributed by atoms with Crippen LogP contribution in [0.3, 0.4) is 0 Å².